The largest absolute Gasteiger partial charge is 0.484 e. The number of aromatic amines is 1. The number of hydrogen-bond acceptors (Lipinski definition) is 6. The highest BCUT2D eigenvalue weighted by Gasteiger charge is 2.17. The van der Waals surface area contributed by atoms with Crippen LogP contribution < -0.4 is 4.74 Å². The highest BCUT2D eigenvalue weighted by Crippen LogP contribution is 2.25. The molecule has 0 atom stereocenters. The minimum Gasteiger partial charge on any atom is -0.484 e. The Balaban J connectivity index is 1.49. The molecule has 4 rings (SSSR count). The number of imidazole rings is 1. The van der Waals surface area contributed by atoms with Crippen LogP contribution in [-0.4, -0.2) is 71.2 Å². The van der Waals surface area contributed by atoms with Gasteiger partial charge in [-0.05, 0) is 30.3 Å². The number of aliphatic hydroxyl groups excluding tert-OH is 1. The van der Waals surface area contributed by atoms with Gasteiger partial charge < -0.3 is 24.5 Å². The summed E-state index contributed by atoms with van der Waals surface area (Å²) in [6.07, 6.45) is 0. The molecular formula is C21H21N3O5. The molecule has 0 bridgehead atoms. The summed E-state index contributed by atoms with van der Waals surface area (Å²) in [5.74, 6) is 0.783. The Bertz CT molecular complexity index is 1040. The number of Topliss-reactive ketones (excluding diaryl/α,β-unsaturated/α-hetero) is 1. The Kier molecular flexibility index (Phi) is 5.55. The summed E-state index contributed by atoms with van der Waals surface area (Å²) in [6, 6.07) is 12.4. The lowest BCUT2D eigenvalue weighted by molar-refractivity contribution is -0.137. The van der Waals surface area contributed by atoms with Gasteiger partial charge in [0, 0.05) is 24.2 Å². The van der Waals surface area contributed by atoms with Crippen LogP contribution in [-0.2, 0) is 9.53 Å². The number of carbonyl (C=O) groups is 2. The minimum atomic E-state index is -0.533. The highest BCUT2D eigenvalue weighted by molar-refractivity contribution is 5.99. The maximum Gasteiger partial charge on any atom is 0.260 e. The van der Waals surface area contributed by atoms with Gasteiger partial charge in [-0.2, -0.15) is 0 Å². The molecule has 2 N–H and O–H groups in total. The van der Waals surface area contributed by atoms with E-state index in [1.807, 2.05) is 18.2 Å². The number of rotatable bonds is 6. The van der Waals surface area contributed by atoms with E-state index in [4.69, 9.17) is 14.6 Å². The molecule has 1 saturated heterocycles. The van der Waals surface area contributed by atoms with Gasteiger partial charge in [0.25, 0.3) is 5.91 Å². The Morgan fingerprint density at radius 2 is 2.00 bits per heavy atom. The van der Waals surface area contributed by atoms with Crippen LogP contribution >= 0.6 is 0 Å². The molecule has 1 aliphatic heterocycles. The molecule has 0 unspecified atom stereocenters. The molecule has 0 saturated carbocycles. The first-order chi connectivity index (χ1) is 14.1. The number of nitrogens with one attached hydrogen (secondary N) is 1. The van der Waals surface area contributed by atoms with E-state index in [0.29, 0.717) is 54.5 Å². The number of ether oxygens (including phenoxy) is 2. The van der Waals surface area contributed by atoms with E-state index >= 15 is 0 Å². The van der Waals surface area contributed by atoms with E-state index < -0.39 is 6.61 Å². The average Bonchev–Trinajstić information content (AvgIpc) is 3.21. The maximum absolute atomic E-state index is 12.2. The van der Waals surface area contributed by atoms with Gasteiger partial charge in [-0.3, -0.25) is 9.59 Å². The molecule has 1 aromatic heterocycles. The number of aliphatic hydroxyl groups is 1. The SMILES string of the molecule is O=C(CO)c1ccc2nc(-c3cccc(OCC(=O)N4CCOCC4)c3)[nH]c2c1. The van der Waals surface area contributed by atoms with E-state index in [1.54, 1.807) is 29.2 Å². The lowest BCUT2D eigenvalue weighted by Crippen LogP contribution is -2.42. The number of aromatic nitrogens is 2. The molecular weight excluding hydrogens is 374 g/mol. The molecule has 1 aliphatic rings. The summed E-state index contributed by atoms with van der Waals surface area (Å²) in [5, 5.41) is 9.02. The first-order valence-corrected chi connectivity index (χ1v) is 9.36. The molecule has 0 aliphatic carbocycles. The van der Waals surface area contributed by atoms with Crippen molar-refractivity contribution in [2.45, 2.75) is 0 Å². The molecule has 8 nitrogen and oxygen atoms in total. The van der Waals surface area contributed by atoms with Crippen molar-refractivity contribution in [1.82, 2.24) is 14.9 Å². The van der Waals surface area contributed by atoms with Crippen molar-refractivity contribution < 1.29 is 24.2 Å². The van der Waals surface area contributed by atoms with Crippen molar-refractivity contribution in [3.8, 4) is 17.1 Å². The summed E-state index contributed by atoms with van der Waals surface area (Å²) < 4.78 is 10.9. The summed E-state index contributed by atoms with van der Waals surface area (Å²) in [6.45, 7) is 1.72. The maximum atomic E-state index is 12.2. The predicted molar refractivity (Wildman–Crippen MR) is 106 cm³/mol. The number of H-pyrrole nitrogens is 1. The zero-order valence-corrected chi connectivity index (χ0v) is 15.8. The molecule has 29 heavy (non-hydrogen) atoms. The first-order valence-electron chi connectivity index (χ1n) is 9.36. The van der Waals surface area contributed by atoms with Crippen LogP contribution in [0.1, 0.15) is 10.4 Å². The second-order valence-corrected chi connectivity index (χ2v) is 6.71. The number of hydrogen-bond donors (Lipinski definition) is 2. The van der Waals surface area contributed by atoms with Crippen molar-refractivity contribution in [3.05, 3.63) is 48.0 Å². The van der Waals surface area contributed by atoms with Crippen LogP contribution in [0.15, 0.2) is 42.5 Å². The summed E-state index contributed by atoms with van der Waals surface area (Å²) in [4.78, 5) is 33.4. The highest BCUT2D eigenvalue weighted by atomic mass is 16.5. The predicted octanol–water partition coefficient (Wildman–Crippen LogP) is 1.64. The number of nitrogens with zero attached hydrogens (tertiary/aromatic N) is 2. The van der Waals surface area contributed by atoms with Crippen LogP contribution in [0.4, 0.5) is 0 Å². The molecule has 0 spiro atoms. The molecule has 1 fully saturated rings. The van der Waals surface area contributed by atoms with Gasteiger partial charge in [0.15, 0.2) is 12.4 Å². The van der Waals surface area contributed by atoms with Gasteiger partial charge >= 0.3 is 0 Å². The number of ketones is 1. The van der Waals surface area contributed by atoms with Crippen LogP contribution in [0, 0.1) is 0 Å². The number of morpholine rings is 1. The number of benzene rings is 2. The lowest BCUT2D eigenvalue weighted by Gasteiger charge is -2.26. The van der Waals surface area contributed by atoms with Gasteiger partial charge in [0.05, 0.1) is 24.2 Å². The minimum absolute atomic E-state index is 0.0315. The Morgan fingerprint density at radius 3 is 2.79 bits per heavy atom. The fourth-order valence-electron chi connectivity index (χ4n) is 3.19. The molecule has 1 amide bonds. The zero-order valence-electron chi connectivity index (χ0n) is 15.8. The second-order valence-electron chi connectivity index (χ2n) is 6.71. The molecule has 8 heteroatoms. The Labute approximate surface area is 167 Å². The van der Waals surface area contributed by atoms with Crippen molar-refractivity contribution in [1.29, 1.82) is 0 Å². The van der Waals surface area contributed by atoms with Gasteiger partial charge in [0.2, 0.25) is 0 Å². The molecule has 2 heterocycles. The summed E-state index contributed by atoms with van der Waals surface area (Å²) in [7, 11) is 0. The molecule has 150 valence electrons. The smallest absolute Gasteiger partial charge is 0.260 e. The van der Waals surface area contributed by atoms with Crippen LogP contribution in [0.25, 0.3) is 22.4 Å². The quantitative estimate of drug-likeness (QED) is 0.615. The fourth-order valence-corrected chi connectivity index (χ4v) is 3.19. The van der Waals surface area contributed by atoms with Crippen LogP contribution in [0.5, 0.6) is 5.75 Å². The molecule has 2 aromatic carbocycles. The average molecular weight is 395 g/mol. The van der Waals surface area contributed by atoms with E-state index in [0.717, 1.165) is 5.56 Å². The fraction of sp³-hybridized carbons (Fsp3) is 0.286. The Morgan fingerprint density at radius 1 is 1.17 bits per heavy atom. The standard InChI is InChI=1S/C21H21N3O5/c25-12-19(26)14-4-5-17-18(11-14)23-21(22-17)15-2-1-3-16(10-15)29-13-20(27)24-6-8-28-9-7-24/h1-5,10-11,25H,6-9,12-13H2,(H,22,23). The monoisotopic (exact) mass is 395 g/mol. The third-order valence-corrected chi connectivity index (χ3v) is 4.78. The topological polar surface area (TPSA) is 105 Å². The van der Waals surface area contributed by atoms with Crippen LogP contribution in [0.3, 0.4) is 0 Å². The van der Waals surface area contributed by atoms with Gasteiger partial charge in [-0.15, -0.1) is 0 Å². The summed E-state index contributed by atoms with van der Waals surface area (Å²) >= 11 is 0. The van der Waals surface area contributed by atoms with Crippen molar-refractivity contribution >= 4 is 22.7 Å². The van der Waals surface area contributed by atoms with Crippen molar-refractivity contribution in [2.24, 2.45) is 0 Å². The van der Waals surface area contributed by atoms with Gasteiger partial charge in [-0.1, -0.05) is 12.1 Å². The number of carbonyl (C=O) groups excluding carboxylic acids is 2. The van der Waals surface area contributed by atoms with Gasteiger partial charge in [0.1, 0.15) is 18.2 Å². The van der Waals surface area contributed by atoms with E-state index in [2.05, 4.69) is 9.97 Å². The third-order valence-electron chi connectivity index (χ3n) is 4.78. The van der Waals surface area contributed by atoms with Crippen molar-refractivity contribution in [2.75, 3.05) is 39.5 Å². The summed E-state index contributed by atoms with van der Waals surface area (Å²) in [5.41, 5.74) is 2.64. The van der Waals surface area contributed by atoms with Crippen LogP contribution in [0.2, 0.25) is 0 Å². The second kappa shape index (κ2) is 8.42. The molecule has 3 aromatic rings. The number of amides is 1. The Hall–Kier alpha value is -3.23. The zero-order chi connectivity index (χ0) is 20.2. The van der Waals surface area contributed by atoms with Crippen molar-refractivity contribution in [3.63, 3.8) is 0 Å². The first kappa shape index (κ1) is 19.1. The normalized spacial score (nSPS) is 14.2. The number of fused-ring (bicyclic) bond motifs is 1. The van der Waals surface area contributed by atoms with Gasteiger partial charge in [-0.25, -0.2) is 4.98 Å². The van der Waals surface area contributed by atoms with E-state index in [9.17, 15) is 9.59 Å². The third kappa shape index (κ3) is 4.28. The molecule has 0 radical (unpaired) electrons. The lowest BCUT2D eigenvalue weighted by atomic mass is 10.1. The van der Waals surface area contributed by atoms with E-state index in [-0.39, 0.29) is 18.3 Å². The van der Waals surface area contributed by atoms with E-state index in [1.165, 1.54) is 0 Å².